The van der Waals surface area contributed by atoms with E-state index in [1.54, 1.807) is 6.07 Å². The summed E-state index contributed by atoms with van der Waals surface area (Å²) in [5.74, 6) is 0.744. The molecule has 1 amide bonds. The zero-order chi connectivity index (χ0) is 24.2. The van der Waals surface area contributed by atoms with Gasteiger partial charge in [-0.25, -0.2) is 4.39 Å². The maximum Gasteiger partial charge on any atom is 0.226 e. The largest absolute Gasteiger partial charge is 0.393 e. The van der Waals surface area contributed by atoms with E-state index in [9.17, 15) is 19.1 Å². The molecule has 3 fully saturated rings. The lowest BCUT2D eigenvalue weighted by Gasteiger charge is -2.41. The van der Waals surface area contributed by atoms with Gasteiger partial charge >= 0.3 is 0 Å². The Kier molecular flexibility index (Phi) is 8.41. The molecule has 2 saturated carbocycles. The lowest BCUT2D eigenvalue weighted by molar-refractivity contribution is -0.140. The van der Waals surface area contributed by atoms with Crippen LogP contribution in [0, 0.1) is 24.6 Å². The molecule has 0 spiro atoms. The maximum absolute atomic E-state index is 14.5. The Morgan fingerprint density at radius 3 is 2.38 bits per heavy atom. The highest BCUT2D eigenvalue weighted by atomic mass is 19.1. The summed E-state index contributed by atoms with van der Waals surface area (Å²) in [6.07, 6.45) is 8.31. The van der Waals surface area contributed by atoms with Gasteiger partial charge in [-0.05, 0) is 87.1 Å². The zero-order valence-electron chi connectivity index (χ0n) is 20.9. The van der Waals surface area contributed by atoms with E-state index in [1.165, 1.54) is 6.07 Å². The number of hydrogen-bond donors (Lipinski definition) is 1. The Hall–Kier alpha value is -1.79. The summed E-state index contributed by atoms with van der Waals surface area (Å²) in [4.78, 5) is 30.0. The summed E-state index contributed by atoms with van der Waals surface area (Å²) in [6.45, 7) is 7.06. The highest BCUT2D eigenvalue weighted by Gasteiger charge is 2.33. The van der Waals surface area contributed by atoms with Crippen molar-refractivity contribution in [2.45, 2.75) is 96.7 Å². The molecule has 0 unspecified atom stereocenters. The Labute approximate surface area is 203 Å². The van der Waals surface area contributed by atoms with Crippen LogP contribution in [0.3, 0.4) is 0 Å². The summed E-state index contributed by atoms with van der Waals surface area (Å²) >= 11 is 0. The van der Waals surface area contributed by atoms with Crippen LogP contribution in [-0.2, 0) is 22.6 Å². The number of ketones is 1. The predicted octanol–water partition coefficient (Wildman–Crippen LogP) is 4.41. The van der Waals surface area contributed by atoms with Gasteiger partial charge in [-0.15, -0.1) is 0 Å². The number of aliphatic hydroxyl groups excluding tert-OH is 1. The third kappa shape index (κ3) is 6.25. The van der Waals surface area contributed by atoms with Crippen molar-refractivity contribution in [1.82, 2.24) is 9.80 Å². The van der Waals surface area contributed by atoms with Crippen molar-refractivity contribution in [1.29, 1.82) is 0 Å². The number of halogens is 1. The molecule has 5 nitrogen and oxygen atoms in total. The van der Waals surface area contributed by atoms with Crippen molar-refractivity contribution in [3.63, 3.8) is 0 Å². The van der Waals surface area contributed by atoms with Gasteiger partial charge in [0.2, 0.25) is 5.91 Å². The lowest BCUT2D eigenvalue weighted by atomic mass is 9.83. The molecule has 1 aromatic rings. The summed E-state index contributed by atoms with van der Waals surface area (Å²) < 4.78 is 14.5. The van der Waals surface area contributed by atoms with E-state index in [2.05, 4.69) is 16.7 Å². The molecule has 1 aromatic carbocycles. The van der Waals surface area contributed by atoms with Crippen LogP contribution in [0.5, 0.6) is 0 Å². The molecule has 188 valence electrons. The summed E-state index contributed by atoms with van der Waals surface area (Å²) in [6, 6.07) is 3.28. The predicted molar refractivity (Wildman–Crippen MR) is 131 cm³/mol. The van der Waals surface area contributed by atoms with Crippen molar-refractivity contribution in [2.75, 3.05) is 19.6 Å². The van der Waals surface area contributed by atoms with E-state index in [0.29, 0.717) is 24.8 Å². The number of Topliss-reactive ketones (excluding diaryl/α,β-unsaturated/α-hetero) is 1. The molecule has 0 radical (unpaired) electrons. The van der Waals surface area contributed by atoms with Gasteiger partial charge < -0.3 is 10.0 Å². The minimum atomic E-state index is -0.285. The first kappa shape index (κ1) is 25.3. The van der Waals surface area contributed by atoms with E-state index in [-0.39, 0.29) is 36.1 Å². The van der Waals surface area contributed by atoms with Gasteiger partial charge in [0.15, 0.2) is 0 Å². The van der Waals surface area contributed by atoms with Crippen LogP contribution in [0.1, 0.15) is 81.4 Å². The van der Waals surface area contributed by atoms with Crippen molar-refractivity contribution >= 4 is 11.7 Å². The second kappa shape index (κ2) is 11.3. The minimum absolute atomic E-state index is 0.158. The number of amides is 1. The van der Waals surface area contributed by atoms with Gasteiger partial charge in [0.05, 0.1) is 6.10 Å². The quantitative estimate of drug-likeness (QED) is 0.639. The van der Waals surface area contributed by atoms with Crippen molar-refractivity contribution in [3.8, 4) is 0 Å². The molecule has 1 heterocycles. The number of carbonyl (C=O) groups is 2. The minimum Gasteiger partial charge on any atom is -0.393 e. The van der Waals surface area contributed by atoms with Crippen LogP contribution in [0.25, 0.3) is 0 Å². The highest BCUT2D eigenvalue weighted by Crippen LogP contribution is 2.30. The topological polar surface area (TPSA) is 60.9 Å². The Morgan fingerprint density at radius 2 is 1.71 bits per heavy atom. The average molecular weight is 473 g/mol. The Bertz CT molecular complexity index is 875. The van der Waals surface area contributed by atoms with E-state index in [0.717, 1.165) is 87.7 Å². The number of carbonyl (C=O) groups excluding carboxylic acids is 2. The Morgan fingerprint density at radius 1 is 1.03 bits per heavy atom. The van der Waals surface area contributed by atoms with Crippen molar-refractivity contribution in [2.24, 2.45) is 11.8 Å². The summed E-state index contributed by atoms with van der Waals surface area (Å²) in [7, 11) is 0. The normalized spacial score (nSPS) is 26.7. The number of rotatable bonds is 7. The number of aliphatic hydroxyl groups is 1. The number of hydrogen-bond acceptors (Lipinski definition) is 4. The fourth-order valence-electron chi connectivity index (χ4n) is 6.25. The number of piperazine rings is 1. The third-order valence-electron chi connectivity index (χ3n) is 8.40. The van der Waals surface area contributed by atoms with E-state index in [4.69, 9.17) is 0 Å². The van der Waals surface area contributed by atoms with Crippen LogP contribution in [0.4, 0.5) is 4.39 Å². The van der Waals surface area contributed by atoms with Crippen molar-refractivity contribution < 1.29 is 19.1 Å². The fraction of sp³-hybridized carbons (Fsp3) is 0.714. The van der Waals surface area contributed by atoms with Gasteiger partial charge in [0.25, 0.3) is 0 Å². The molecule has 0 aromatic heterocycles. The molecule has 6 heteroatoms. The number of nitrogens with zero attached hydrogens (tertiary/aromatic N) is 2. The van der Waals surface area contributed by atoms with Crippen LogP contribution < -0.4 is 0 Å². The summed E-state index contributed by atoms with van der Waals surface area (Å²) in [5, 5.41) is 9.69. The standard InChI is InChI=1S/C28H41FN2O3/c1-19-17-30(11-12-31(19)28(34)22-5-3-4-6-22)18-24-15-25(29)14-23(20(24)2)16-27(33)13-21-7-9-26(32)10-8-21/h14-15,19,21-22,26,32H,3-13,16-18H2,1-2H3/t19-,21?,26?/m0/s1. The van der Waals surface area contributed by atoms with Crippen molar-refractivity contribution in [3.05, 3.63) is 34.6 Å². The van der Waals surface area contributed by atoms with Gasteiger partial charge in [-0.3, -0.25) is 14.5 Å². The molecule has 1 N–H and O–H groups in total. The molecule has 1 atom stereocenters. The van der Waals surface area contributed by atoms with E-state index in [1.807, 2.05) is 6.92 Å². The second-order valence-electron chi connectivity index (χ2n) is 11.0. The molecule has 1 saturated heterocycles. The monoisotopic (exact) mass is 472 g/mol. The summed E-state index contributed by atoms with van der Waals surface area (Å²) in [5.41, 5.74) is 2.73. The van der Waals surface area contributed by atoms with Crippen LogP contribution >= 0.6 is 0 Å². The molecule has 1 aliphatic heterocycles. The molecule has 34 heavy (non-hydrogen) atoms. The molecule has 3 aliphatic rings. The third-order valence-corrected chi connectivity index (χ3v) is 8.40. The van der Waals surface area contributed by atoms with Gasteiger partial charge in [-0.2, -0.15) is 0 Å². The number of benzene rings is 1. The maximum atomic E-state index is 14.5. The van der Waals surface area contributed by atoms with Gasteiger partial charge in [-0.1, -0.05) is 12.8 Å². The highest BCUT2D eigenvalue weighted by molar-refractivity contribution is 5.81. The van der Waals surface area contributed by atoms with Crippen LogP contribution in [0.15, 0.2) is 12.1 Å². The van der Waals surface area contributed by atoms with E-state index >= 15 is 0 Å². The lowest BCUT2D eigenvalue weighted by Crippen LogP contribution is -2.54. The van der Waals surface area contributed by atoms with Crippen LogP contribution in [-0.4, -0.2) is 58.4 Å². The second-order valence-corrected chi connectivity index (χ2v) is 11.0. The Balaban J connectivity index is 1.34. The van der Waals surface area contributed by atoms with Gasteiger partial charge in [0.1, 0.15) is 11.6 Å². The molecule has 2 aliphatic carbocycles. The fourth-order valence-corrected chi connectivity index (χ4v) is 6.25. The van der Waals surface area contributed by atoms with Crippen LogP contribution in [0.2, 0.25) is 0 Å². The molecular formula is C28H41FN2O3. The molecule has 0 bridgehead atoms. The first-order chi connectivity index (χ1) is 16.3. The average Bonchev–Trinajstić information content (AvgIpc) is 3.33. The first-order valence-corrected chi connectivity index (χ1v) is 13.3. The smallest absolute Gasteiger partial charge is 0.226 e. The van der Waals surface area contributed by atoms with E-state index < -0.39 is 0 Å². The molecular weight excluding hydrogens is 431 g/mol. The molecule has 4 rings (SSSR count). The SMILES string of the molecule is Cc1c(CC(=O)CC2CCC(O)CC2)cc(F)cc1CN1CCN(C(=O)C2CCCC2)[C@@H](C)C1. The van der Waals surface area contributed by atoms with Gasteiger partial charge in [0, 0.05) is 51.0 Å². The zero-order valence-corrected chi connectivity index (χ0v) is 20.9. The first-order valence-electron chi connectivity index (χ1n) is 13.3.